The number of ether oxygens (including phenoxy) is 1. The molecule has 2 aliphatic rings. The van der Waals surface area contributed by atoms with E-state index in [4.69, 9.17) is 22.1 Å². The lowest BCUT2D eigenvalue weighted by Crippen LogP contribution is -2.42. The van der Waals surface area contributed by atoms with Crippen LogP contribution in [0.5, 0.6) is 5.88 Å². The summed E-state index contributed by atoms with van der Waals surface area (Å²) < 4.78 is 33.4. The molecule has 0 spiro atoms. The Hall–Kier alpha value is -3.30. The molecule has 200 valence electrons. The Kier molecular flexibility index (Phi) is 8.04. The molecule has 38 heavy (non-hydrogen) atoms. The molecule has 0 saturated carbocycles. The van der Waals surface area contributed by atoms with Gasteiger partial charge in [0.25, 0.3) is 11.8 Å². The molecule has 2 aliphatic heterocycles. The molecule has 5 rings (SSSR count). The van der Waals surface area contributed by atoms with Crippen molar-refractivity contribution in [3.8, 4) is 17.1 Å². The van der Waals surface area contributed by atoms with Gasteiger partial charge in [-0.15, -0.1) is 0 Å². The number of rotatable bonds is 8. The van der Waals surface area contributed by atoms with Crippen LogP contribution in [0.1, 0.15) is 41.6 Å². The van der Waals surface area contributed by atoms with Crippen molar-refractivity contribution in [3.63, 3.8) is 0 Å². The summed E-state index contributed by atoms with van der Waals surface area (Å²) in [6.45, 7) is 3.88. The molecule has 0 radical (unpaired) electrons. The Morgan fingerprint density at radius 1 is 1.11 bits per heavy atom. The topological polar surface area (TPSA) is 84.6 Å². The Morgan fingerprint density at radius 3 is 2.71 bits per heavy atom. The van der Waals surface area contributed by atoms with Crippen molar-refractivity contribution in [1.82, 2.24) is 19.8 Å². The minimum Gasteiger partial charge on any atom is -0.475 e. The van der Waals surface area contributed by atoms with Crippen LogP contribution in [0.15, 0.2) is 42.6 Å². The highest BCUT2D eigenvalue weighted by Crippen LogP contribution is 2.28. The average molecular weight is 542 g/mol. The zero-order valence-electron chi connectivity index (χ0n) is 21.0. The lowest BCUT2D eigenvalue weighted by molar-refractivity contribution is 0.0709. The first-order chi connectivity index (χ1) is 18.4. The third kappa shape index (κ3) is 5.73. The molecule has 7 nitrogen and oxygen atoms in total. The quantitative estimate of drug-likeness (QED) is 0.405. The molecular formula is C28H30ClF2N5O2. The van der Waals surface area contributed by atoms with Gasteiger partial charge in [-0.2, -0.15) is 0 Å². The minimum atomic E-state index is -0.699. The Morgan fingerprint density at radius 2 is 1.89 bits per heavy atom. The van der Waals surface area contributed by atoms with E-state index in [9.17, 15) is 13.6 Å². The third-order valence-electron chi connectivity index (χ3n) is 7.21. The molecule has 3 heterocycles. The van der Waals surface area contributed by atoms with Crippen LogP contribution in [-0.4, -0.2) is 64.5 Å². The second-order valence-corrected chi connectivity index (χ2v) is 10.1. The first-order valence-electron chi connectivity index (χ1n) is 12.9. The number of anilines is 1. The van der Waals surface area contributed by atoms with Crippen molar-refractivity contribution >= 4 is 23.3 Å². The zero-order valence-corrected chi connectivity index (χ0v) is 21.8. The van der Waals surface area contributed by atoms with Crippen LogP contribution < -0.4 is 10.5 Å². The number of benzene rings is 2. The highest BCUT2D eigenvalue weighted by molar-refractivity contribution is 6.31. The van der Waals surface area contributed by atoms with E-state index in [0.29, 0.717) is 16.8 Å². The molecule has 2 fully saturated rings. The van der Waals surface area contributed by atoms with Gasteiger partial charge in [-0.05, 0) is 63.0 Å². The molecule has 1 unspecified atom stereocenters. The predicted octanol–water partition coefficient (Wildman–Crippen LogP) is 4.98. The van der Waals surface area contributed by atoms with Gasteiger partial charge in [0.15, 0.2) is 5.82 Å². The summed E-state index contributed by atoms with van der Waals surface area (Å²) in [7, 11) is 0. The SMILES string of the molecule is Nc1ncc(-c2cccc(C(=O)N3CCCC3CN3CCCC3)c2)nc1OCCc1c(F)ccc(F)c1Cl. The van der Waals surface area contributed by atoms with Gasteiger partial charge < -0.3 is 20.3 Å². The van der Waals surface area contributed by atoms with Gasteiger partial charge in [-0.1, -0.05) is 23.7 Å². The van der Waals surface area contributed by atoms with Crippen LogP contribution in [0.25, 0.3) is 11.3 Å². The summed E-state index contributed by atoms with van der Waals surface area (Å²) in [6.07, 6.45) is 6.03. The highest BCUT2D eigenvalue weighted by atomic mass is 35.5. The first-order valence-corrected chi connectivity index (χ1v) is 13.3. The number of aromatic nitrogens is 2. The largest absolute Gasteiger partial charge is 0.475 e. The molecule has 3 aromatic rings. The molecule has 1 atom stereocenters. The van der Waals surface area contributed by atoms with Crippen LogP contribution in [0.2, 0.25) is 5.02 Å². The monoisotopic (exact) mass is 541 g/mol. The van der Waals surface area contributed by atoms with E-state index in [1.165, 1.54) is 19.0 Å². The van der Waals surface area contributed by atoms with Gasteiger partial charge in [0, 0.05) is 42.2 Å². The maximum atomic E-state index is 14.1. The minimum absolute atomic E-state index is 0.0161. The molecule has 0 aliphatic carbocycles. The van der Waals surface area contributed by atoms with Gasteiger partial charge in [-0.3, -0.25) is 4.79 Å². The molecule has 0 bridgehead atoms. The molecule has 10 heteroatoms. The highest BCUT2D eigenvalue weighted by Gasteiger charge is 2.31. The maximum absolute atomic E-state index is 14.1. The fourth-order valence-electron chi connectivity index (χ4n) is 5.21. The van der Waals surface area contributed by atoms with Gasteiger partial charge in [-0.25, -0.2) is 18.7 Å². The fraction of sp³-hybridized carbons (Fsp3) is 0.393. The van der Waals surface area contributed by atoms with Crippen molar-refractivity contribution in [2.45, 2.75) is 38.1 Å². The van der Waals surface area contributed by atoms with E-state index in [1.807, 2.05) is 23.1 Å². The lowest BCUT2D eigenvalue weighted by Gasteiger charge is -2.28. The summed E-state index contributed by atoms with van der Waals surface area (Å²) in [6, 6.07) is 9.52. The van der Waals surface area contributed by atoms with Crippen LogP contribution in [0, 0.1) is 11.6 Å². The van der Waals surface area contributed by atoms with Crippen LogP contribution in [0.4, 0.5) is 14.6 Å². The number of nitrogen functional groups attached to an aromatic ring is 1. The number of carbonyl (C=O) groups is 1. The maximum Gasteiger partial charge on any atom is 0.257 e. The summed E-state index contributed by atoms with van der Waals surface area (Å²) in [5, 5.41) is -0.274. The van der Waals surface area contributed by atoms with Crippen molar-refractivity contribution in [2.75, 3.05) is 38.5 Å². The standard InChI is InChI=1S/C28H30ClF2N5O2/c29-25-21(22(30)8-9-23(25)31)10-14-38-27-26(32)33-16-24(34-27)18-5-3-6-19(15-18)28(37)36-13-4-7-20(36)17-35-11-1-2-12-35/h3,5-6,8-9,15-16,20H,1-2,4,7,10-14,17H2,(H2,32,33). The number of amides is 1. The van der Waals surface area contributed by atoms with E-state index in [1.54, 1.807) is 6.07 Å². The van der Waals surface area contributed by atoms with Crippen LogP contribution >= 0.6 is 11.6 Å². The molecule has 2 N–H and O–H groups in total. The Labute approximate surface area is 225 Å². The second kappa shape index (κ2) is 11.6. The molecule has 2 aromatic carbocycles. The average Bonchev–Trinajstić information content (AvgIpc) is 3.62. The molecule has 2 saturated heterocycles. The van der Waals surface area contributed by atoms with Crippen molar-refractivity contribution in [1.29, 1.82) is 0 Å². The summed E-state index contributed by atoms with van der Waals surface area (Å²) in [5.74, 6) is -1.17. The number of halogens is 3. The summed E-state index contributed by atoms with van der Waals surface area (Å²) in [4.78, 5) is 26.6. The van der Waals surface area contributed by atoms with Crippen molar-refractivity contribution < 1.29 is 18.3 Å². The summed E-state index contributed by atoms with van der Waals surface area (Å²) in [5.41, 5.74) is 7.74. The second-order valence-electron chi connectivity index (χ2n) is 9.75. The van der Waals surface area contributed by atoms with E-state index in [2.05, 4.69) is 14.9 Å². The lowest BCUT2D eigenvalue weighted by atomic mass is 10.1. The van der Waals surface area contributed by atoms with Crippen molar-refractivity contribution in [2.24, 2.45) is 0 Å². The van der Waals surface area contributed by atoms with E-state index < -0.39 is 11.6 Å². The van der Waals surface area contributed by atoms with E-state index in [0.717, 1.165) is 51.2 Å². The molecule has 1 amide bonds. The summed E-state index contributed by atoms with van der Waals surface area (Å²) >= 11 is 5.90. The van der Waals surface area contributed by atoms with Gasteiger partial charge >= 0.3 is 0 Å². The number of nitrogens with two attached hydrogens (primary N) is 1. The number of hydrogen-bond donors (Lipinski definition) is 1. The van der Waals surface area contributed by atoms with Crippen molar-refractivity contribution in [3.05, 3.63) is 70.4 Å². The number of nitrogens with zero attached hydrogens (tertiary/aromatic N) is 4. The van der Waals surface area contributed by atoms with Gasteiger partial charge in [0.1, 0.15) is 11.6 Å². The smallest absolute Gasteiger partial charge is 0.257 e. The van der Waals surface area contributed by atoms with Crippen LogP contribution in [0.3, 0.4) is 0 Å². The number of hydrogen-bond acceptors (Lipinski definition) is 6. The Balaban J connectivity index is 1.29. The molecular weight excluding hydrogens is 512 g/mol. The first kappa shape index (κ1) is 26.3. The van der Waals surface area contributed by atoms with Gasteiger partial charge in [0.05, 0.1) is 23.5 Å². The predicted molar refractivity (Wildman–Crippen MR) is 142 cm³/mol. The third-order valence-corrected chi connectivity index (χ3v) is 7.62. The Bertz CT molecular complexity index is 1320. The number of likely N-dealkylation sites (tertiary alicyclic amines) is 2. The number of carbonyl (C=O) groups excluding carboxylic acids is 1. The zero-order chi connectivity index (χ0) is 26.6. The van der Waals surface area contributed by atoms with Crippen LogP contribution in [-0.2, 0) is 6.42 Å². The normalized spacial score (nSPS) is 17.8. The molecule has 1 aromatic heterocycles. The van der Waals surface area contributed by atoms with E-state index >= 15 is 0 Å². The fourth-order valence-corrected chi connectivity index (χ4v) is 5.46. The van der Waals surface area contributed by atoms with Gasteiger partial charge in [0.2, 0.25) is 0 Å². The van der Waals surface area contributed by atoms with E-state index in [-0.39, 0.29) is 47.3 Å².